The van der Waals surface area contributed by atoms with E-state index in [1.807, 2.05) is 6.21 Å². The van der Waals surface area contributed by atoms with Gasteiger partial charge in [0.05, 0.1) is 26.3 Å². The van der Waals surface area contributed by atoms with E-state index >= 15 is 0 Å². The summed E-state index contributed by atoms with van der Waals surface area (Å²) in [6.07, 6.45) is 1.93. The minimum absolute atomic E-state index is 0.765. The standard InChI is InChI=1S/C15H18N3O/c1-17-14(12-16-18-8-10-19-11-9-18)7-6-13-4-2-3-5-15(13)17/h2-7,12H,8-11H2,1H3/q+1. The quantitative estimate of drug-likeness (QED) is 0.599. The molecule has 0 unspecified atom stereocenters. The van der Waals surface area contributed by atoms with Crippen molar-refractivity contribution >= 4 is 17.1 Å². The van der Waals surface area contributed by atoms with E-state index in [-0.39, 0.29) is 0 Å². The largest absolute Gasteiger partial charge is 0.378 e. The zero-order valence-electron chi connectivity index (χ0n) is 11.1. The second-order valence-electron chi connectivity index (χ2n) is 4.69. The van der Waals surface area contributed by atoms with Gasteiger partial charge < -0.3 is 4.74 Å². The van der Waals surface area contributed by atoms with Gasteiger partial charge in [-0.25, -0.2) is 0 Å². The number of hydrogen-bond donors (Lipinski definition) is 0. The molecule has 1 saturated heterocycles. The third kappa shape index (κ3) is 2.58. The summed E-state index contributed by atoms with van der Waals surface area (Å²) >= 11 is 0. The maximum absolute atomic E-state index is 5.31. The topological polar surface area (TPSA) is 28.7 Å². The molecule has 0 bridgehead atoms. The van der Waals surface area contributed by atoms with Crippen molar-refractivity contribution in [1.82, 2.24) is 5.01 Å². The van der Waals surface area contributed by atoms with Gasteiger partial charge in [0.15, 0.2) is 0 Å². The average molecular weight is 256 g/mol. The zero-order valence-corrected chi connectivity index (χ0v) is 11.1. The number of aryl methyl sites for hydroxylation is 1. The second-order valence-corrected chi connectivity index (χ2v) is 4.69. The van der Waals surface area contributed by atoms with Crippen molar-refractivity contribution < 1.29 is 9.30 Å². The third-order valence-corrected chi connectivity index (χ3v) is 3.46. The first-order valence-corrected chi connectivity index (χ1v) is 6.59. The molecule has 1 aromatic heterocycles. The van der Waals surface area contributed by atoms with Crippen LogP contribution in [0.1, 0.15) is 5.69 Å². The predicted molar refractivity (Wildman–Crippen MR) is 75.1 cm³/mol. The Kier molecular flexibility index (Phi) is 3.42. The molecule has 19 heavy (non-hydrogen) atoms. The molecule has 0 saturated carbocycles. The number of benzene rings is 1. The van der Waals surface area contributed by atoms with Gasteiger partial charge in [-0.1, -0.05) is 12.1 Å². The van der Waals surface area contributed by atoms with Crippen molar-refractivity contribution in [2.45, 2.75) is 0 Å². The summed E-state index contributed by atoms with van der Waals surface area (Å²) in [5, 5.41) is 7.83. The van der Waals surface area contributed by atoms with E-state index < -0.39 is 0 Å². The van der Waals surface area contributed by atoms with Crippen LogP contribution in [0.3, 0.4) is 0 Å². The molecule has 0 aliphatic carbocycles. The third-order valence-electron chi connectivity index (χ3n) is 3.46. The summed E-state index contributed by atoms with van der Waals surface area (Å²) in [7, 11) is 2.07. The summed E-state index contributed by atoms with van der Waals surface area (Å²) in [4.78, 5) is 0. The molecule has 1 fully saturated rings. The molecule has 1 aliphatic heterocycles. The van der Waals surface area contributed by atoms with Crippen LogP contribution in [0.4, 0.5) is 0 Å². The molecule has 0 atom stereocenters. The maximum atomic E-state index is 5.31. The molecule has 4 heteroatoms. The van der Waals surface area contributed by atoms with E-state index in [0.29, 0.717) is 0 Å². The van der Waals surface area contributed by atoms with Crippen LogP contribution in [0.15, 0.2) is 41.5 Å². The zero-order chi connectivity index (χ0) is 13.1. The Bertz CT molecular complexity index is 603. The first-order valence-electron chi connectivity index (χ1n) is 6.59. The molecule has 0 spiro atoms. The highest BCUT2D eigenvalue weighted by Crippen LogP contribution is 2.09. The van der Waals surface area contributed by atoms with Crippen LogP contribution in [0, 0.1) is 0 Å². The predicted octanol–water partition coefficient (Wildman–Crippen LogP) is 1.33. The summed E-state index contributed by atoms with van der Waals surface area (Å²) in [5.74, 6) is 0. The minimum atomic E-state index is 0.765. The lowest BCUT2D eigenvalue weighted by Gasteiger charge is -2.23. The van der Waals surface area contributed by atoms with E-state index in [1.165, 1.54) is 10.9 Å². The molecule has 0 radical (unpaired) electrons. The van der Waals surface area contributed by atoms with Gasteiger partial charge in [0, 0.05) is 17.5 Å². The fraction of sp³-hybridized carbons (Fsp3) is 0.333. The fourth-order valence-electron chi connectivity index (χ4n) is 2.30. The van der Waals surface area contributed by atoms with Gasteiger partial charge >= 0.3 is 0 Å². The van der Waals surface area contributed by atoms with Crippen molar-refractivity contribution in [3.05, 3.63) is 42.1 Å². The fourth-order valence-corrected chi connectivity index (χ4v) is 2.30. The maximum Gasteiger partial charge on any atom is 0.225 e. The molecular formula is C15H18N3O+. The first kappa shape index (κ1) is 12.1. The first-order chi connectivity index (χ1) is 9.34. The number of morpholine rings is 1. The van der Waals surface area contributed by atoms with Gasteiger partial charge in [0.2, 0.25) is 11.2 Å². The summed E-state index contributed by atoms with van der Waals surface area (Å²) < 4.78 is 7.48. The van der Waals surface area contributed by atoms with Crippen LogP contribution in [0.2, 0.25) is 0 Å². The molecule has 1 aromatic carbocycles. The molecule has 0 N–H and O–H groups in total. The highest BCUT2D eigenvalue weighted by atomic mass is 16.5. The Morgan fingerprint density at radius 3 is 2.79 bits per heavy atom. The number of pyridine rings is 1. The van der Waals surface area contributed by atoms with Crippen LogP contribution in [0.25, 0.3) is 10.9 Å². The minimum Gasteiger partial charge on any atom is -0.378 e. The lowest BCUT2D eigenvalue weighted by atomic mass is 10.2. The number of hydrazone groups is 1. The van der Waals surface area contributed by atoms with Crippen molar-refractivity contribution in [3.63, 3.8) is 0 Å². The number of rotatable bonds is 2. The molecule has 4 nitrogen and oxygen atoms in total. The number of ether oxygens (including phenoxy) is 1. The Hall–Kier alpha value is -1.94. The van der Waals surface area contributed by atoms with Crippen molar-refractivity contribution in [3.8, 4) is 0 Å². The van der Waals surface area contributed by atoms with E-state index in [4.69, 9.17) is 4.74 Å². The molecule has 2 heterocycles. The number of aromatic nitrogens is 1. The van der Waals surface area contributed by atoms with Gasteiger partial charge in [0.1, 0.15) is 13.3 Å². The van der Waals surface area contributed by atoms with Gasteiger partial charge in [-0.2, -0.15) is 9.67 Å². The van der Waals surface area contributed by atoms with E-state index in [9.17, 15) is 0 Å². The van der Waals surface area contributed by atoms with Gasteiger partial charge in [-0.15, -0.1) is 0 Å². The highest BCUT2D eigenvalue weighted by Gasteiger charge is 2.11. The molecular weight excluding hydrogens is 238 g/mol. The number of hydrogen-bond acceptors (Lipinski definition) is 3. The van der Waals surface area contributed by atoms with Crippen molar-refractivity contribution in [1.29, 1.82) is 0 Å². The summed E-state index contributed by atoms with van der Waals surface area (Å²) in [6.45, 7) is 3.27. The smallest absolute Gasteiger partial charge is 0.225 e. The SMILES string of the molecule is C[n+]1c(/C=N/N2CCOCC2)ccc2ccccc21. The van der Waals surface area contributed by atoms with Crippen LogP contribution >= 0.6 is 0 Å². The molecule has 3 rings (SSSR count). The van der Waals surface area contributed by atoms with Crippen LogP contribution in [-0.2, 0) is 11.8 Å². The Labute approximate surface area is 112 Å². The van der Waals surface area contributed by atoms with E-state index in [2.05, 4.69) is 58.1 Å². The monoisotopic (exact) mass is 256 g/mol. The Morgan fingerprint density at radius 1 is 1.16 bits per heavy atom. The molecule has 0 amide bonds. The van der Waals surface area contributed by atoms with Gasteiger partial charge in [0.25, 0.3) is 0 Å². The normalized spacial score (nSPS) is 16.4. The molecule has 98 valence electrons. The van der Waals surface area contributed by atoms with E-state index in [0.717, 1.165) is 32.0 Å². The number of nitrogens with zero attached hydrogens (tertiary/aromatic N) is 3. The van der Waals surface area contributed by atoms with Crippen LogP contribution < -0.4 is 4.57 Å². The van der Waals surface area contributed by atoms with Crippen molar-refractivity contribution in [2.75, 3.05) is 26.3 Å². The van der Waals surface area contributed by atoms with Crippen LogP contribution in [0.5, 0.6) is 0 Å². The average Bonchev–Trinajstić information content (AvgIpc) is 2.48. The van der Waals surface area contributed by atoms with Gasteiger partial charge in [-0.05, 0) is 12.1 Å². The number of fused-ring (bicyclic) bond motifs is 1. The van der Waals surface area contributed by atoms with Crippen molar-refractivity contribution in [2.24, 2.45) is 12.1 Å². The summed E-state index contributed by atoms with van der Waals surface area (Å²) in [6, 6.07) is 12.6. The summed E-state index contributed by atoms with van der Waals surface area (Å²) in [5.41, 5.74) is 2.32. The van der Waals surface area contributed by atoms with E-state index in [1.54, 1.807) is 0 Å². The van der Waals surface area contributed by atoms with Gasteiger partial charge in [-0.3, -0.25) is 5.01 Å². The second kappa shape index (κ2) is 5.36. The Balaban J connectivity index is 1.88. The molecule has 1 aliphatic rings. The lowest BCUT2D eigenvalue weighted by Crippen LogP contribution is -2.36. The lowest BCUT2D eigenvalue weighted by molar-refractivity contribution is -0.645. The Morgan fingerprint density at radius 2 is 1.95 bits per heavy atom. The number of para-hydroxylation sites is 1. The molecule has 2 aromatic rings. The van der Waals surface area contributed by atoms with Crippen LogP contribution in [-0.4, -0.2) is 37.5 Å². The highest BCUT2D eigenvalue weighted by molar-refractivity contribution is 5.81.